The van der Waals surface area contributed by atoms with Crippen LogP contribution in [-0.2, 0) is 12.4 Å². The molecule has 0 saturated heterocycles. The average molecular weight is 481 g/mol. The molecule has 5 rings (SSSR count). The first kappa shape index (κ1) is 22.5. The van der Waals surface area contributed by atoms with Gasteiger partial charge < -0.3 is 4.57 Å². The Morgan fingerprint density at radius 1 is 0.686 bits per heavy atom. The van der Waals surface area contributed by atoms with Gasteiger partial charge in [0.05, 0.1) is 33.8 Å². The zero-order valence-electron chi connectivity index (χ0n) is 17.6. The molecule has 0 bridgehead atoms. The summed E-state index contributed by atoms with van der Waals surface area (Å²) in [5.74, 6) is 0. The van der Waals surface area contributed by atoms with Crippen molar-refractivity contribution in [2.75, 3.05) is 0 Å². The highest BCUT2D eigenvalue weighted by atomic mass is 19.4. The molecular formula is C26H13F6N3. The van der Waals surface area contributed by atoms with Crippen LogP contribution in [0.2, 0.25) is 0 Å². The third-order valence-electron chi connectivity index (χ3n) is 5.80. The van der Waals surface area contributed by atoms with E-state index in [1.54, 1.807) is 36.7 Å². The fraction of sp³-hybridized carbons (Fsp3) is 0.0769. The number of hydrogen-bond donors (Lipinski definition) is 0. The number of nitriles is 1. The topological polar surface area (TPSA) is 41.6 Å². The van der Waals surface area contributed by atoms with E-state index in [9.17, 15) is 31.6 Å². The van der Waals surface area contributed by atoms with Crippen molar-refractivity contribution in [3.8, 4) is 22.9 Å². The van der Waals surface area contributed by atoms with E-state index in [-0.39, 0.29) is 22.3 Å². The van der Waals surface area contributed by atoms with E-state index in [1.165, 1.54) is 22.8 Å². The molecule has 3 nitrogen and oxygen atoms in total. The Labute approximate surface area is 194 Å². The van der Waals surface area contributed by atoms with Gasteiger partial charge in [-0.25, -0.2) is 0 Å². The molecule has 5 aromatic rings. The van der Waals surface area contributed by atoms with Crippen molar-refractivity contribution >= 4 is 21.8 Å². The highest BCUT2D eigenvalue weighted by molar-refractivity contribution is 6.09. The molecule has 9 heteroatoms. The minimum absolute atomic E-state index is 0.0784. The second kappa shape index (κ2) is 7.87. The molecule has 0 radical (unpaired) electrons. The number of benzene rings is 3. The minimum atomic E-state index is -4.64. The lowest BCUT2D eigenvalue weighted by molar-refractivity contribution is -0.138. The van der Waals surface area contributed by atoms with E-state index >= 15 is 0 Å². The third kappa shape index (κ3) is 3.87. The van der Waals surface area contributed by atoms with E-state index < -0.39 is 23.5 Å². The van der Waals surface area contributed by atoms with Crippen LogP contribution in [0.4, 0.5) is 26.3 Å². The molecule has 2 aromatic heterocycles. The summed E-state index contributed by atoms with van der Waals surface area (Å²) in [5, 5.41) is 10.5. The maximum Gasteiger partial charge on any atom is 0.416 e. The molecule has 0 fully saturated rings. The third-order valence-corrected chi connectivity index (χ3v) is 5.80. The number of hydrogen-bond acceptors (Lipinski definition) is 2. The number of nitrogens with zero attached hydrogens (tertiary/aromatic N) is 3. The predicted octanol–water partition coefficient (Wildman–Crippen LogP) is 7.75. The Morgan fingerprint density at radius 3 is 1.71 bits per heavy atom. The molecule has 35 heavy (non-hydrogen) atoms. The Balaban J connectivity index is 1.84. The second-order valence-corrected chi connectivity index (χ2v) is 7.87. The first-order valence-electron chi connectivity index (χ1n) is 10.3. The van der Waals surface area contributed by atoms with Gasteiger partial charge in [-0.05, 0) is 59.7 Å². The average Bonchev–Trinajstić information content (AvgIpc) is 3.16. The van der Waals surface area contributed by atoms with Crippen molar-refractivity contribution in [1.82, 2.24) is 9.55 Å². The van der Waals surface area contributed by atoms with Crippen LogP contribution in [0.5, 0.6) is 0 Å². The van der Waals surface area contributed by atoms with Crippen LogP contribution in [0.3, 0.4) is 0 Å². The van der Waals surface area contributed by atoms with Crippen LogP contribution < -0.4 is 0 Å². The summed E-state index contributed by atoms with van der Waals surface area (Å²) in [7, 11) is 0. The molecule has 2 heterocycles. The Hall–Kier alpha value is -4.32. The summed E-state index contributed by atoms with van der Waals surface area (Å²) in [6, 6.07) is 16.2. The Morgan fingerprint density at radius 2 is 1.23 bits per heavy atom. The van der Waals surface area contributed by atoms with Crippen molar-refractivity contribution in [2.45, 2.75) is 12.4 Å². The molecule has 0 unspecified atom stereocenters. The maximum atomic E-state index is 13.5. The summed E-state index contributed by atoms with van der Waals surface area (Å²) < 4.78 is 82.2. The maximum absolute atomic E-state index is 13.5. The number of fused-ring (bicyclic) bond motifs is 3. The fourth-order valence-corrected chi connectivity index (χ4v) is 4.20. The summed E-state index contributed by atoms with van der Waals surface area (Å²) in [4.78, 5) is 3.94. The van der Waals surface area contributed by atoms with Gasteiger partial charge in [0.2, 0.25) is 0 Å². The smallest absolute Gasteiger partial charge is 0.309 e. The molecule has 0 amide bonds. The number of pyridine rings is 1. The van der Waals surface area contributed by atoms with Gasteiger partial charge in [0.15, 0.2) is 0 Å². The lowest BCUT2D eigenvalue weighted by Crippen LogP contribution is -2.06. The molecule has 0 aliphatic rings. The van der Waals surface area contributed by atoms with Crippen molar-refractivity contribution in [1.29, 1.82) is 5.26 Å². The molecule has 0 aliphatic heterocycles. The molecule has 174 valence electrons. The first-order valence-corrected chi connectivity index (χ1v) is 10.3. The van der Waals surface area contributed by atoms with Gasteiger partial charge in [0.1, 0.15) is 0 Å². The highest BCUT2D eigenvalue weighted by Crippen LogP contribution is 2.40. The van der Waals surface area contributed by atoms with Gasteiger partial charge >= 0.3 is 12.4 Å². The standard InChI is InChI=1S/C26H13F6N3/c27-25(28,29)17-1-4-21-22-5-2-18(26(30,31)32)13-24(22)35(23(21)12-17)19-3-6-20(16(11-19)14-33)15-7-9-34-10-8-15/h1-13H. The van der Waals surface area contributed by atoms with Crippen LogP contribution in [0.25, 0.3) is 38.6 Å². The van der Waals surface area contributed by atoms with Gasteiger partial charge in [-0.15, -0.1) is 0 Å². The van der Waals surface area contributed by atoms with Crippen LogP contribution in [0.1, 0.15) is 16.7 Å². The normalized spacial score (nSPS) is 12.3. The number of aromatic nitrogens is 2. The molecule has 0 N–H and O–H groups in total. The summed E-state index contributed by atoms with van der Waals surface area (Å²) in [5.41, 5.74) is 0.0264. The minimum Gasteiger partial charge on any atom is -0.309 e. The van der Waals surface area contributed by atoms with Crippen molar-refractivity contribution in [2.24, 2.45) is 0 Å². The quantitative estimate of drug-likeness (QED) is 0.242. The summed E-state index contributed by atoms with van der Waals surface area (Å²) >= 11 is 0. The zero-order chi connectivity index (χ0) is 25.0. The van der Waals surface area contributed by atoms with E-state index in [1.807, 2.05) is 0 Å². The van der Waals surface area contributed by atoms with E-state index in [4.69, 9.17) is 0 Å². The summed E-state index contributed by atoms with van der Waals surface area (Å²) in [6.45, 7) is 0. The largest absolute Gasteiger partial charge is 0.416 e. The Bertz CT molecular complexity index is 1550. The van der Waals surface area contributed by atoms with Gasteiger partial charge in [0, 0.05) is 28.9 Å². The monoisotopic (exact) mass is 481 g/mol. The second-order valence-electron chi connectivity index (χ2n) is 7.87. The highest BCUT2D eigenvalue weighted by Gasteiger charge is 2.33. The molecule has 0 aliphatic carbocycles. The van der Waals surface area contributed by atoms with Crippen LogP contribution >= 0.6 is 0 Å². The molecule has 0 atom stereocenters. The molecular weight excluding hydrogens is 468 g/mol. The molecule has 3 aromatic carbocycles. The lowest BCUT2D eigenvalue weighted by Gasteiger charge is -2.13. The van der Waals surface area contributed by atoms with E-state index in [2.05, 4.69) is 11.1 Å². The van der Waals surface area contributed by atoms with Crippen molar-refractivity contribution < 1.29 is 26.3 Å². The molecule has 0 spiro atoms. The van der Waals surface area contributed by atoms with Crippen LogP contribution in [-0.4, -0.2) is 9.55 Å². The van der Waals surface area contributed by atoms with Crippen molar-refractivity contribution in [3.05, 3.63) is 95.8 Å². The van der Waals surface area contributed by atoms with Crippen LogP contribution in [0, 0.1) is 11.3 Å². The van der Waals surface area contributed by atoms with Gasteiger partial charge in [0.25, 0.3) is 0 Å². The number of halogens is 6. The van der Waals surface area contributed by atoms with Crippen LogP contribution in [0.15, 0.2) is 79.1 Å². The van der Waals surface area contributed by atoms with E-state index in [0.29, 0.717) is 21.9 Å². The lowest BCUT2D eigenvalue weighted by atomic mass is 10.0. The predicted molar refractivity (Wildman–Crippen MR) is 119 cm³/mol. The molecule has 0 saturated carbocycles. The SMILES string of the molecule is N#Cc1cc(-n2c3cc(C(F)(F)F)ccc3c3ccc(C(F)(F)F)cc32)ccc1-c1ccncc1. The van der Waals surface area contributed by atoms with E-state index in [0.717, 1.165) is 24.3 Å². The first-order chi connectivity index (χ1) is 16.6. The fourth-order valence-electron chi connectivity index (χ4n) is 4.20. The zero-order valence-corrected chi connectivity index (χ0v) is 17.6. The number of rotatable bonds is 2. The Kier molecular flexibility index (Phi) is 5.06. The van der Waals surface area contributed by atoms with Gasteiger partial charge in [-0.1, -0.05) is 18.2 Å². The van der Waals surface area contributed by atoms with Gasteiger partial charge in [-0.2, -0.15) is 31.6 Å². The van der Waals surface area contributed by atoms with Crippen molar-refractivity contribution in [3.63, 3.8) is 0 Å². The summed E-state index contributed by atoms with van der Waals surface area (Å²) in [6.07, 6.45) is -6.19. The van der Waals surface area contributed by atoms with Gasteiger partial charge in [-0.3, -0.25) is 4.98 Å². The number of alkyl halides is 6.